The molecule has 2 N–H and O–H groups in total. The molecule has 2 aromatic carbocycles. The van der Waals surface area contributed by atoms with Gasteiger partial charge in [-0.1, -0.05) is 30.3 Å². The first-order valence-corrected chi connectivity index (χ1v) is 8.38. The number of methoxy groups -OCH3 is 2. The Morgan fingerprint density at radius 1 is 0.962 bits per heavy atom. The van der Waals surface area contributed by atoms with Gasteiger partial charge in [0.25, 0.3) is 0 Å². The lowest BCUT2D eigenvalue weighted by atomic mass is 10.1. The summed E-state index contributed by atoms with van der Waals surface area (Å²) in [5, 5.41) is 6.50. The molecule has 0 aliphatic rings. The standard InChI is InChI=1S/C20H22N4O2/c1-25-16-8-9-18(26-2)17(14-16)23-19-11-13-22-20(24-19)21-12-10-15-6-4-3-5-7-15/h3-9,11,13-14H,10,12H2,1-2H3,(H2,21,22,23,24). The van der Waals surface area contributed by atoms with Gasteiger partial charge in [-0.25, -0.2) is 4.98 Å². The van der Waals surface area contributed by atoms with Crippen molar-refractivity contribution in [1.29, 1.82) is 0 Å². The van der Waals surface area contributed by atoms with E-state index in [1.54, 1.807) is 26.5 Å². The molecule has 0 radical (unpaired) electrons. The van der Waals surface area contributed by atoms with Crippen molar-refractivity contribution in [1.82, 2.24) is 9.97 Å². The zero-order chi connectivity index (χ0) is 18.2. The maximum Gasteiger partial charge on any atom is 0.224 e. The molecular formula is C20H22N4O2. The highest BCUT2D eigenvalue weighted by atomic mass is 16.5. The van der Waals surface area contributed by atoms with Gasteiger partial charge in [-0.2, -0.15) is 4.98 Å². The molecule has 0 unspecified atom stereocenters. The quantitative estimate of drug-likeness (QED) is 0.642. The van der Waals surface area contributed by atoms with Crippen molar-refractivity contribution in [2.45, 2.75) is 6.42 Å². The monoisotopic (exact) mass is 350 g/mol. The largest absolute Gasteiger partial charge is 0.497 e. The number of ether oxygens (including phenoxy) is 2. The van der Waals surface area contributed by atoms with Crippen LogP contribution in [0.4, 0.5) is 17.5 Å². The lowest BCUT2D eigenvalue weighted by Crippen LogP contribution is -2.08. The van der Waals surface area contributed by atoms with Crippen molar-refractivity contribution in [3.8, 4) is 11.5 Å². The second-order valence-electron chi connectivity index (χ2n) is 5.62. The van der Waals surface area contributed by atoms with Crippen molar-refractivity contribution in [2.24, 2.45) is 0 Å². The molecule has 0 amide bonds. The highest BCUT2D eigenvalue weighted by molar-refractivity contribution is 5.66. The van der Waals surface area contributed by atoms with Gasteiger partial charge >= 0.3 is 0 Å². The topological polar surface area (TPSA) is 68.3 Å². The van der Waals surface area contributed by atoms with Crippen LogP contribution < -0.4 is 20.1 Å². The molecule has 6 heteroatoms. The molecule has 26 heavy (non-hydrogen) atoms. The number of rotatable bonds is 8. The van der Waals surface area contributed by atoms with Crippen molar-refractivity contribution in [3.63, 3.8) is 0 Å². The fourth-order valence-electron chi connectivity index (χ4n) is 2.53. The fraction of sp³-hybridized carbons (Fsp3) is 0.200. The minimum atomic E-state index is 0.577. The predicted molar refractivity (Wildman–Crippen MR) is 103 cm³/mol. The molecule has 3 aromatic rings. The van der Waals surface area contributed by atoms with E-state index >= 15 is 0 Å². The highest BCUT2D eigenvalue weighted by Gasteiger charge is 2.07. The van der Waals surface area contributed by atoms with Crippen molar-refractivity contribution in [3.05, 3.63) is 66.4 Å². The van der Waals surface area contributed by atoms with E-state index in [1.807, 2.05) is 36.4 Å². The smallest absolute Gasteiger partial charge is 0.224 e. The van der Waals surface area contributed by atoms with E-state index in [2.05, 4.69) is 32.7 Å². The Labute approximate surface area is 153 Å². The molecule has 0 saturated carbocycles. The van der Waals surface area contributed by atoms with Crippen LogP contribution in [0.2, 0.25) is 0 Å². The van der Waals surface area contributed by atoms with Crippen molar-refractivity contribution < 1.29 is 9.47 Å². The van der Waals surface area contributed by atoms with Crippen LogP contribution in [0, 0.1) is 0 Å². The number of hydrogen-bond donors (Lipinski definition) is 2. The van der Waals surface area contributed by atoms with E-state index in [4.69, 9.17) is 9.47 Å². The average molecular weight is 350 g/mol. The van der Waals surface area contributed by atoms with E-state index in [-0.39, 0.29) is 0 Å². The van der Waals surface area contributed by atoms with Gasteiger partial charge in [0.05, 0.1) is 19.9 Å². The average Bonchev–Trinajstić information content (AvgIpc) is 2.69. The molecule has 0 aliphatic carbocycles. The molecule has 0 aliphatic heterocycles. The second kappa shape index (κ2) is 8.71. The first-order valence-electron chi connectivity index (χ1n) is 8.38. The Morgan fingerprint density at radius 2 is 1.81 bits per heavy atom. The molecular weight excluding hydrogens is 328 g/mol. The maximum absolute atomic E-state index is 5.38. The third kappa shape index (κ3) is 4.63. The Hall–Kier alpha value is -3.28. The minimum Gasteiger partial charge on any atom is -0.497 e. The summed E-state index contributed by atoms with van der Waals surface area (Å²) in [4.78, 5) is 8.77. The zero-order valence-electron chi connectivity index (χ0n) is 14.9. The second-order valence-corrected chi connectivity index (χ2v) is 5.62. The number of benzene rings is 2. The molecule has 134 valence electrons. The van der Waals surface area contributed by atoms with E-state index < -0.39 is 0 Å². The fourth-order valence-corrected chi connectivity index (χ4v) is 2.53. The summed E-state index contributed by atoms with van der Waals surface area (Å²) in [6, 6.07) is 17.7. The summed E-state index contributed by atoms with van der Waals surface area (Å²) in [6.45, 7) is 0.760. The first-order chi connectivity index (χ1) is 12.8. The van der Waals surface area contributed by atoms with Crippen LogP contribution in [0.1, 0.15) is 5.56 Å². The maximum atomic E-state index is 5.38. The molecule has 0 bridgehead atoms. The summed E-state index contributed by atoms with van der Waals surface area (Å²) in [5.74, 6) is 2.70. The van der Waals surface area contributed by atoms with E-state index in [0.717, 1.165) is 24.4 Å². The van der Waals surface area contributed by atoms with Gasteiger partial charge in [0.2, 0.25) is 5.95 Å². The van der Waals surface area contributed by atoms with Gasteiger partial charge in [0, 0.05) is 18.8 Å². The first kappa shape index (κ1) is 17.5. The number of anilines is 3. The molecule has 0 spiro atoms. The van der Waals surface area contributed by atoms with Gasteiger partial charge < -0.3 is 20.1 Å². The van der Waals surface area contributed by atoms with Gasteiger partial charge in [0.15, 0.2) is 0 Å². The molecule has 3 rings (SSSR count). The third-order valence-corrected chi connectivity index (χ3v) is 3.86. The normalized spacial score (nSPS) is 10.2. The Balaban J connectivity index is 1.66. The van der Waals surface area contributed by atoms with Gasteiger partial charge in [0.1, 0.15) is 17.3 Å². The number of aromatic nitrogens is 2. The molecule has 0 fully saturated rings. The molecule has 1 aromatic heterocycles. The number of nitrogens with one attached hydrogen (secondary N) is 2. The summed E-state index contributed by atoms with van der Waals surface area (Å²) in [6.07, 6.45) is 2.62. The molecule has 6 nitrogen and oxygen atoms in total. The molecule has 0 saturated heterocycles. The molecule has 0 atom stereocenters. The van der Waals surface area contributed by atoms with Crippen LogP contribution in [0.5, 0.6) is 11.5 Å². The minimum absolute atomic E-state index is 0.577. The Morgan fingerprint density at radius 3 is 2.58 bits per heavy atom. The Kier molecular flexibility index (Phi) is 5.88. The molecule has 1 heterocycles. The lowest BCUT2D eigenvalue weighted by Gasteiger charge is -2.13. The van der Waals surface area contributed by atoms with Crippen molar-refractivity contribution >= 4 is 17.5 Å². The van der Waals surface area contributed by atoms with Gasteiger partial charge in [-0.05, 0) is 30.2 Å². The predicted octanol–water partition coefficient (Wildman–Crippen LogP) is 3.89. The van der Waals surface area contributed by atoms with Crippen molar-refractivity contribution in [2.75, 3.05) is 31.4 Å². The van der Waals surface area contributed by atoms with Crippen LogP contribution in [-0.2, 0) is 6.42 Å². The van der Waals surface area contributed by atoms with Crippen LogP contribution >= 0.6 is 0 Å². The van der Waals surface area contributed by atoms with Gasteiger partial charge in [-0.15, -0.1) is 0 Å². The number of nitrogens with zero attached hydrogens (tertiary/aromatic N) is 2. The third-order valence-electron chi connectivity index (χ3n) is 3.86. The van der Waals surface area contributed by atoms with E-state index in [9.17, 15) is 0 Å². The van der Waals surface area contributed by atoms with E-state index in [0.29, 0.717) is 17.5 Å². The number of hydrogen-bond acceptors (Lipinski definition) is 6. The SMILES string of the molecule is COc1ccc(OC)c(Nc2ccnc(NCCc3ccccc3)n2)c1. The summed E-state index contributed by atoms with van der Waals surface area (Å²) < 4.78 is 10.7. The highest BCUT2D eigenvalue weighted by Crippen LogP contribution is 2.31. The van der Waals surface area contributed by atoms with Gasteiger partial charge in [-0.3, -0.25) is 0 Å². The lowest BCUT2D eigenvalue weighted by molar-refractivity contribution is 0.405. The van der Waals surface area contributed by atoms with Crippen LogP contribution in [0.15, 0.2) is 60.8 Å². The van der Waals surface area contributed by atoms with Crippen LogP contribution in [0.25, 0.3) is 0 Å². The van der Waals surface area contributed by atoms with Crippen LogP contribution in [0.3, 0.4) is 0 Å². The Bertz CT molecular complexity index is 840. The summed E-state index contributed by atoms with van der Waals surface area (Å²) in [5.41, 5.74) is 2.05. The zero-order valence-corrected chi connectivity index (χ0v) is 14.9. The van der Waals surface area contributed by atoms with Crippen LogP contribution in [-0.4, -0.2) is 30.7 Å². The summed E-state index contributed by atoms with van der Waals surface area (Å²) in [7, 11) is 3.26. The summed E-state index contributed by atoms with van der Waals surface area (Å²) >= 11 is 0. The van der Waals surface area contributed by atoms with E-state index in [1.165, 1.54) is 5.56 Å².